The predicted octanol–water partition coefficient (Wildman–Crippen LogP) is 2.99. The minimum Gasteiger partial charge on any atom is -0.304 e. The molecule has 5 nitrogen and oxygen atoms in total. The van der Waals surface area contributed by atoms with Crippen LogP contribution in [0.3, 0.4) is 0 Å². The molecule has 4 rings (SSSR count). The van der Waals surface area contributed by atoms with Gasteiger partial charge >= 0.3 is 0 Å². The second-order valence-electron chi connectivity index (χ2n) is 7.35. The second kappa shape index (κ2) is 7.56. The lowest BCUT2D eigenvalue weighted by Crippen LogP contribution is -2.48. The molecule has 1 atom stereocenters. The van der Waals surface area contributed by atoms with E-state index in [2.05, 4.69) is 76.3 Å². The molecule has 0 aliphatic carbocycles. The van der Waals surface area contributed by atoms with Crippen LogP contribution in [0.25, 0.3) is 16.5 Å². The van der Waals surface area contributed by atoms with Crippen molar-refractivity contribution in [3.63, 3.8) is 0 Å². The molecule has 0 radical (unpaired) electrons. The van der Waals surface area contributed by atoms with Gasteiger partial charge in [-0.15, -0.1) is 0 Å². The standard InChI is InChI=1S/C21H27N5/c1-17(25-13-11-24(2)12-14-25)7-10-21-22-16-23-26(21)20-9-8-18-5-3-4-6-19(18)15-20/h3-6,8-9,15-17H,7,10-14H2,1-2H3/t17-/m0/s1. The van der Waals surface area contributed by atoms with Gasteiger partial charge in [0, 0.05) is 38.6 Å². The van der Waals surface area contributed by atoms with E-state index in [1.165, 1.54) is 10.8 Å². The van der Waals surface area contributed by atoms with Gasteiger partial charge < -0.3 is 4.90 Å². The Morgan fingerprint density at radius 1 is 1.00 bits per heavy atom. The summed E-state index contributed by atoms with van der Waals surface area (Å²) in [4.78, 5) is 9.52. The summed E-state index contributed by atoms with van der Waals surface area (Å²) >= 11 is 0. The van der Waals surface area contributed by atoms with Crippen molar-refractivity contribution in [2.45, 2.75) is 25.8 Å². The summed E-state index contributed by atoms with van der Waals surface area (Å²) in [5.41, 5.74) is 1.09. The van der Waals surface area contributed by atoms with Crippen molar-refractivity contribution < 1.29 is 0 Å². The highest BCUT2D eigenvalue weighted by atomic mass is 15.3. The molecule has 2 heterocycles. The number of likely N-dealkylation sites (N-methyl/N-ethyl adjacent to an activating group) is 1. The zero-order valence-electron chi connectivity index (χ0n) is 15.7. The fourth-order valence-electron chi connectivity index (χ4n) is 3.74. The minimum absolute atomic E-state index is 0.574. The molecular weight excluding hydrogens is 322 g/mol. The maximum Gasteiger partial charge on any atom is 0.138 e. The van der Waals surface area contributed by atoms with Crippen LogP contribution in [0.5, 0.6) is 0 Å². The molecule has 0 N–H and O–H groups in total. The Balaban J connectivity index is 1.46. The van der Waals surface area contributed by atoms with Gasteiger partial charge in [0.2, 0.25) is 0 Å². The molecule has 1 aliphatic heterocycles. The fraction of sp³-hybridized carbons (Fsp3) is 0.429. The number of hydrogen-bond donors (Lipinski definition) is 0. The number of hydrogen-bond acceptors (Lipinski definition) is 4. The summed E-state index contributed by atoms with van der Waals surface area (Å²) in [6, 6.07) is 15.5. The molecule has 1 aliphatic rings. The number of aromatic nitrogens is 3. The summed E-state index contributed by atoms with van der Waals surface area (Å²) in [6.07, 6.45) is 3.72. The highest BCUT2D eigenvalue weighted by molar-refractivity contribution is 5.84. The molecule has 2 aromatic carbocycles. The number of benzene rings is 2. The van der Waals surface area contributed by atoms with Crippen molar-refractivity contribution >= 4 is 10.8 Å². The molecule has 26 heavy (non-hydrogen) atoms. The number of nitrogens with zero attached hydrogens (tertiary/aromatic N) is 5. The van der Waals surface area contributed by atoms with Gasteiger partial charge in [-0.3, -0.25) is 4.90 Å². The maximum absolute atomic E-state index is 4.53. The zero-order chi connectivity index (χ0) is 17.9. The van der Waals surface area contributed by atoms with Gasteiger partial charge in [0.1, 0.15) is 12.2 Å². The molecule has 0 unspecified atom stereocenters. The summed E-state index contributed by atoms with van der Waals surface area (Å²) < 4.78 is 1.99. The zero-order valence-corrected chi connectivity index (χ0v) is 15.7. The Morgan fingerprint density at radius 3 is 2.58 bits per heavy atom. The molecule has 0 amide bonds. The third-order valence-corrected chi connectivity index (χ3v) is 5.54. The average molecular weight is 349 g/mol. The van der Waals surface area contributed by atoms with E-state index in [9.17, 15) is 0 Å². The Labute approximate surface area is 155 Å². The van der Waals surface area contributed by atoms with E-state index < -0.39 is 0 Å². The SMILES string of the molecule is C[C@@H](CCc1ncnn1-c1ccc2ccccc2c1)N1CCN(C)CC1. The van der Waals surface area contributed by atoms with Crippen LogP contribution in [0.4, 0.5) is 0 Å². The van der Waals surface area contributed by atoms with Gasteiger partial charge in [0.05, 0.1) is 5.69 Å². The van der Waals surface area contributed by atoms with Gasteiger partial charge in [-0.25, -0.2) is 9.67 Å². The lowest BCUT2D eigenvalue weighted by atomic mass is 10.1. The van der Waals surface area contributed by atoms with Crippen LogP contribution in [0, 0.1) is 0 Å². The van der Waals surface area contributed by atoms with Crippen molar-refractivity contribution in [2.75, 3.05) is 33.2 Å². The van der Waals surface area contributed by atoms with Gasteiger partial charge in [0.15, 0.2) is 0 Å². The van der Waals surface area contributed by atoms with Crippen molar-refractivity contribution in [2.24, 2.45) is 0 Å². The van der Waals surface area contributed by atoms with Crippen molar-refractivity contribution in [1.82, 2.24) is 24.6 Å². The molecule has 5 heteroatoms. The van der Waals surface area contributed by atoms with Crippen LogP contribution < -0.4 is 0 Å². The molecule has 1 aromatic heterocycles. The first-order valence-electron chi connectivity index (χ1n) is 9.51. The van der Waals surface area contributed by atoms with E-state index >= 15 is 0 Å². The Morgan fingerprint density at radius 2 is 1.77 bits per heavy atom. The lowest BCUT2D eigenvalue weighted by molar-refractivity contribution is 0.114. The highest BCUT2D eigenvalue weighted by Crippen LogP contribution is 2.19. The monoisotopic (exact) mass is 349 g/mol. The van der Waals surface area contributed by atoms with Gasteiger partial charge in [-0.05, 0) is 43.3 Å². The van der Waals surface area contributed by atoms with E-state index in [0.29, 0.717) is 6.04 Å². The van der Waals surface area contributed by atoms with E-state index in [1.807, 2.05) is 4.68 Å². The number of aryl methyl sites for hydroxylation is 1. The molecule has 0 saturated carbocycles. The lowest BCUT2D eigenvalue weighted by Gasteiger charge is -2.36. The van der Waals surface area contributed by atoms with Crippen LogP contribution in [-0.2, 0) is 6.42 Å². The third-order valence-electron chi connectivity index (χ3n) is 5.54. The fourth-order valence-corrected chi connectivity index (χ4v) is 3.74. The maximum atomic E-state index is 4.53. The van der Waals surface area contributed by atoms with E-state index in [-0.39, 0.29) is 0 Å². The predicted molar refractivity (Wildman–Crippen MR) is 106 cm³/mol. The third kappa shape index (κ3) is 3.64. The largest absolute Gasteiger partial charge is 0.304 e. The van der Waals surface area contributed by atoms with Crippen LogP contribution in [0.15, 0.2) is 48.8 Å². The Kier molecular flexibility index (Phi) is 5.00. The first-order chi connectivity index (χ1) is 12.7. The van der Waals surface area contributed by atoms with Gasteiger partial charge in [-0.1, -0.05) is 30.3 Å². The molecule has 0 bridgehead atoms. The smallest absolute Gasteiger partial charge is 0.138 e. The van der Waals surface area contributed by atoms with E-state index in [1.54, 1.807) is 6.33 Å². The van der Waals surface area contributed by atoms with Crippen LogP contribution in [0.1, 0.15) is 19.2 Å². The summed E-state index contributed by atoms with van der Waals surface area (Å²) in [5, 5.41) is 6.96. The molecule has 0 spiro atoms. The Bertz CT molecular complexity index is 863. The number of piperazine rings is 1. The molecule has 3 aromatic rings. The summed E-state index contributed by atoms with van der Waals surface area (Å²) in [7, 11) is 2.20. The molecule has 136 valence electrons. The first kappa shape index (κ1) is 17.2. The molecular formula is C21H27N5. The van der Waals surface area contributed by atoms with Crippen molar-refractivity contribution in [3.8, 4) is 5.69 Å². The normalized spacial score (nSPS) is 17.6. The van der Waals surface area contributed by atoms with Gasteiger partial charge in [-0.2, -0.15) is 5.10 Å². The average Bonchev–Trinajstić information content (AvgIpc) is 3.15. The van der Waals surface area contributed by atoms with E-state index in [4.69, 9.17) is 0 Å². The highest BCUT2D eigenvalue weighted by Gasteiger charge is 2.19. The first-order valence-corrected chi connectivity index (χ1v) is 9.51. The second-order valence-corrected chi connectivity index (χ2v) is 7.35. The minimum atomic E-state index is 0.574. The van der Waals surface area contributed by atoms with Crippen molar-refractivity contribution in [1.29, 1.82) is 0 Å². The number of fused-ring (bicyclic) bond motifs is 1. The Hall–Kier alpha value is -2.24. The molecule has 1 fully saturated rings. The summed E-state index contributed by atoms with van der Waals surface area (Å²) in [5.74, 6) is 1.04. The van der Waals surface area contributed by atoms with Crippen LogP contribution in [0.2, 0.25) is 0 Å². The quantitative estimate of drug-likeness (QED) is 0.710. The van der Waals surface area contributed by atoms with E-state index in [0.717, 1.165) is 50.5 Å². The topological polar surface area (TPSA) is 37.2 Å². The van der Waals surface area contributed by atoms with Crippen molar-refractivity contribution in [3.05, 3.63) is 54.6 Å². The van der Waals surface area contributed by atoms with Crippen LogP contribution in [-0.4, -0.2) is 63.8 Å². The van der Waals surface area contributed by atoms with Gasteiger partial charge in [0.25, 0.3) is 0 Å². The van der Waals surface area contributed by atoms with Crippen LogP contribution >= 0.6 is 0 Å². The molecule has 1 saturated heterocycles. The number of rotatable bonds is 5. The summed E-state index contributed by atoms with van der Waals surface area (Å²) in [6.45, 7) is 6.99.